The molecule has 0 amide bonds. The summed E-state index contributed by atoms with van der Waals surface area (Å²) in [4.78, 5) is -0.0634. The summed E-state index contributed by atoms with van der Waals surface area (Å²) < 4.78 is 64.7. The molecule has 0 saturated carbocycles. The van der Waals surface area contributed by atoms with Gasteiger partial charge >= 0.3 is 6.18 Å². The average molecular weight is 350 g/mol. The topological polar surface area (TPSA) is 46.2 Å². The van der Waals surface area contributed by atoms with Crippen molar-refractivity contribution >= 4 is 27.3 Å². The third-order valence-corrected chi connectivity index (χ3v) is 4.67. The maximum Gasteiger partial charge on any atom is 0.417 e. The minimum absolute atomic E-state index is 0.0634. The number of nitrogens with one attached hydrogen (secondary N) is 1. The summed E-state index contributed by atoms with van der Waals surface area (Å²) in [6.45, 7) is 1.79. The van der Waals surface area contributed by atoms with E-state index in [2.05, 4.69) is 4.72 Å². The molecule has 0 aliphatic rings. The molecule has 0 aromatic heterocycles. The third-order valence-electron chi connectivity index (χ3n) is 2.88. The maximum atomic E-state index is 12.8. The van der Waals surface area contributed by atoms with Gasteiger partial charge in [0.05, 0.1) is 21.2 Å². The van der Waals surface area contributed by atoms with Crippen LogP contribution in [0, 0.1) is 6.92 Å². The molecule has 0 bridgehead atoms. The van der Waals surface area contributed by atoms with Crippen molar-refractivity contribution in [3.63, 3.8) is 0 Å². The number of alkyl halides is 3. The van der Waals surface area contributed by atoms with E-state index in [0.29, 0.717) is 0 Å². The van der Waals surface area contributed by atoms with Crippen molar-refractivity contribution in [1.82, 2.24) is 0 Å². The molecule has 8 heteroatoms. The van der Waals surface area contributed by atoms with Gasteiger partial charge in [-0.15, -0.1) is 0 Å². The van der Waals surface area contributed by atoms with Gasteiger partial charge < -0.3 is 0 Å². The predicted molar refractivity (Wildman–Crippen MR) is 78.4 cm³/mol. The number of aryl methyl sites for hydroxylation is 1. The number of rotatable bonds is 3. The molecular formula is C14H11ClF3NO2S. The quantitative estimate of drug-likeness (QED) is 0.888. The molecule has 0 aliphatic heterocycles. The number of halogens is 4. The monoisotopic (exact) mass is 349 g/mol. The fraction of sp³-hybridized carbons (Fsp3) is 0.143. The minimum Gasteiger partial charge on any atom is -0.278 e. The fourth-order valence-corrected chi connectivity index (χ4v) is 3.16. The summed E-state index contributed by atoms with van der Waals surface area (Å²) in [7, 11) is -4.02. The zero-order valence-corrected chi connectivity index (χ0v) is 12.9. The molecular weight excluding hydrogens is 339 g/mol. The van der Waals surface area contributed by atoms with Crippen LogP contribution in [0.1, 0.15) is 11.1 Å². The predicted octanol–water partition coefficient (Wildman–Crippen LogP) is 4.47. The highest BCUT2D eigenvalue weighted by molar-refractivity contribution is 7.92. The SMILES string of the molecule is Cc1ccc(S(=O)(=O)Nc2cccc(C(F)(F)F)c2Cl)cc1. The molecule has 3 nitrogen and oxygen atoms in total. The zero-order chi connectivity index (χ0) is 16.5. The first kappa shape index (κ1) is 16.6. The normalized spacial score (nSPS) is 12.2. The molecule has 0 unspecified atom stereocenters. The van der Waals surface area contributed by atoms with Crippen LogP contribution in [0.15, 0.2) is 47.4 Å². The second-order valence-corrected chi connectivity index (χ2v) is 6.64. The van der Waals surface area contributed by atoms with Crippen LogP contribution in [0.5, 0.6) is 0 Å². The molecule has 22 heavy (non-hydrogen) atoms. The van der Waals surface area contributed by atoms with E-state index in [9.17, 15) is 21.6 Å². The van der Waals surface area contributed by atoms with Crippen LogP contribution in [0.25, 0.3) is 0 Å². The van der Waals surface area contributed by atoms with Gasteiger partial charge in [0, 0.05) is 0 Å². The van der Waals surface area contributed by atoms with Gasteiger partial charge in [0.25, 0.3) is 10.0 Å². The van der Waals surface area contributed by atoms with Crippen molar-refractivity contribution in [2.24, 2.45) is 0 Å². The van der Waals surface area contributed by atoms with Gasteiger partial charge in [-0.1, -0.05) is 35.4 Å². The van der Waals surface area contributed by atoms with Crippen molar-refractivity contribution in [2.75, 3.05) is 4.72 Å². The Kier molecular flexibility index (Phi) is 4.39. The first-order valence-corrected chi connectivity index (χ1v) is 7.92. The van der Waals surface area contributed by atoms with E-state index >= 15 is 0 Å². The van der Waals surface area contributed by atoms with Gasteiger partial charge in [-0.3, -0.25) is 4.72 Å². The summed E-state index contributed by atoms with van der Waals surface area (Å²) in [5, 5.41) is -0.689. The number of hydrogen-bond acceptors (Lipinski definition) is 2. The van der Waals surface area contributed by atoms with Crippen LogP contribution in [0.2, 0.25) is 5.02 Å². The van der Waals surface area contributed by atoms with Crippen LogP contribution in [-0.4, -0.2) is 8.42 Å². The van der Waals surface area contributed by atoms with E-state index in [1.54, 1.807) is 19.1 Å². The van der Waals surface area contributed by atoms with Gasteiger partial charge in [0.15, 0.2) is 0 Å². The lowest BCUT2D eigenvalue weighted by Crippen LogP contribution is -2.15. The summed E-state index contributed by atoms with van der Waals surface area (Å²) in [5.41, 5.74) is -0.564. The summed E-state index contributed by atoms with van der Waals surface area (Å²) in [6.07, 6.45) is -4.66. The van der Waals surface area contributed by atoms with Crippen molar-refractivity contribution in [3.8, 4) is 0 Å². The summed E-state index contributed by atoms with van der Waals surface area (Å²) in [6, 6.07) is 8.93. The Balaban J connectivity index is 2.40. The molecule has 1 N–H and O–H groups in total. The Morgan fingerprint density at radius 3 is 2.18 bits per heavy atom. The minimum atomic E-state index is -4.66. The number of anilines is 1. The van der Waals surface area contributed by atoms with Gasteiger partial charge in [-0.2, -0.15) is 13.2 Å². The lowest BCUT2D eigenvalue weighted by molar-refractivity contribution is -0.137. The molecule has 0 atom stereocenters. The van der Waals surface area contributed by atoms with Crippen LogP contribution in [0.3, 0.4) is 0 Å². The first-order valence-electron chi connectivity index (χ1n) is 6.06. The molecule has 0 aliphatic carbocycles. The molecule has 0 radical (unpaired) electrons. The molecule has 118 valence electrons. The van der Waals surface area contributed by atoms with Crippen LogP contribution < -0.4 is 4.72 Å². The third kappa shape index (κ3) is 3.53. The van der Waals surface area contributed by atoms with E-state index in [0.717, 1.165) is 17.7 Å². The van der Waals surface area contributed by atoms with Gasteiger partial charge in [-0.25, -0.2) is 8.42 Å². The van der Waals surface area contributed by atoms with E-state index in [1.807, 2.05) is 0 Å². The highest BCUT2D eigenvalue weighted by Gasteiger charge is 2.34. The van der Waals surface area contributed by atoms with Crippen LogP contribution >= 0.6 is 11.6 Å². The Bertz CT molecular complexity index is 787. The first-order chi connectivity index (χ1) is 10.1. The molecule has 2 aromatic carbocycles. The van der Waals surface area contributed by atoms with E-state index in [4.69, 9.17) is 11.6 Å². The Hall–Kier alpha value is -1.73. The van der Waals surface area contributed by atoms with E-state index in [-0.39, 0.29) is 10.6 Å². The molecule has 2 rings (SSSR count). The number of sulfonamides is 1. The maximum absolute atomic E-state index is 12.8. The average Bonchev–Trinajstić information content (AvgIpc) is 2.40. The van der Waals surface area contributed by atoms with E-state index in [1.165, 1.54) is 18.2 Å². The summed E-state index contributed by atoms with van der Waals surface area (Å²) in [5.74, 6) is 0. The second kappa shape index (κ2) is 5.81. The van der Waals surface area contributed by atoms with Gasteiger partial charge in [0.2, 0.25) is 0 Å². The van der Waals surface area contributed by atoms with Gasteiger partial charge in [-0.05, 0) is 31.2 Å². The number of benzene rings is 2. The molecule has 2 aromatic rings. The van der Waals surface area contributed by atoms with Crippen molar-refractivity contribution < 1.29 is 21.6 Å². The van der Waals surface area contributed by atoms with Crippen LogP contribution in [-0.2, 0) is 16.2 Å². The lowest BCUT2D eigenvalue weighted by Gasteiger charge is -2.14. The van der Waals surface area contributed by atoms with Crippen molar-refractivity contribution in [1.29, 1.82) is 0 Å². The Labute approximate surface area is 130 Å². The lowest BCUT2D eigenvalue weighted by atomic mass is 10.2. The Morgan fingerprint density at radius 2 is 1.64 bits per heavy atom. The molecule has 0 fully saturated rings. The smallest absolute Gasteiger partial charge is 0.278 e. The highest BCUT2D eigenvalue weighted by Crippen LogP contribution is 2.38. The van der Waals surface area contributed by atoms with Crippen molar-refractivity contribution in [3.05, 3.63) is 58.6 Å². The number of hydrogen-bond donors (Lipinski definition) is 1. The molecule has 0 heterocycles. The fourth-order valence-electron chi connectivity index (χ4n) is 1.75. The van der Waals surface area contributed by atoms with Gasteiger partial charge in [0.1, 0.15) is 0 Å². The molecule has 0 saturated heterocycles. The Morgan fingerprint density at radius 1 is 1.05 bits per heavy atom. The molecule has 0 spiro atoms. The van der Waals surface area contributed by atoms with Crippen molar-refractivity contribution in [2.45, 2.75) is 18.0 Å². The van der Waals surface area contributed by atoms with E-state index < -0.39 is 26.8 Å². The van der Waals surface area contributed by atoms with Crippen LogP contribution in [0.4, 0.5) is 18.9 Å². The second-order valence-electron chi connectivity index (χ2n) is 4.58. The largest absolute Gasteiger partial charge is 0.417 e. The zero-order valence-electron chi connectivity index (χ0n) is 11.3. The summed E-state index contributed by atoms with van der Waals surface area (Å²) >= 11 is 5.67. The standard InChI is InChI=1S/C14H11ClF3NO2S/c1-9-5-7-10(8-6-9)22(20,21)19-12-4-2-3-11(13(12)15)14(16,17)18/h2-8,19H,1H3. The highest BCUT2D eigenvalue weighted by atomic mass is 35.5.